The minimum absolute atomic E-state index is 0.00167. The summed E-state index contributed by atoms with van der Waals surface area (Å²) >= 11 is 0. The summed E-state index contributed by atoms with van der Waals surface area (Å²) in [6.45, 7) is 10.9. The smallest absolute Gasteiger partial charge is 0.276 e. The van der Waals surface area contributed by atoms with E-state index in [4.69, 9.17) is 14.8 Å². The van der Waals surface area contributed by atoms with Gasteiger partial charge in [0.15, 0.2) is 23.6 Å². The number of aryl methyl sites for hydroxylation is 2. The zero-order valence-electron chi connectivity index (χ0n) is 24.7. The molecule has 1 amide bonds. The number of aromatic nitrogens is 5. The lowest BCUT2D eigenvalue weighted by atomic mass is 9.94. The van der Waals surface area contributed by atoms with Crippen LogP contribution in [-0.2, 0) is 28.8 Å². The molecule has 0 aliphatic carbocycles. The lowest BCUT2D eigenvalue weighted by Crippen LogP contribution is -2.49. The van der Waals surface area contributed by atoms with Crippen LogP contribution in [0.25, 0.3) is 11.4 Å². The lowest BCUT2D eigenvalue weighted by molar-refractivity contribution is -0.106. The van der Waals surface area contributed by atoms with Gasteiger partial charge in [-0.2, -0.15) is 4.98 Å². The van der Waals surface area contributed by atoms with Crippen LogP contribution in [0.5, 0.6) is 5.75 Å². The van der Waals surface area contributed by atoms with Gasteiger partial charge in [-0.1, -0.05) is 19.1 Å². The quantitative estimate of drug-likeness (QED) is 0.360. The second-order valence-corrected chi connectivity index (χ2v) is 11.7. The highest BCUT2D eigenvalue weighted by atomic mass is 16.5. The zero-order valence-corrected chi connectivity index (χ0v) is 24.7. The monoisotopic (exact) mass is 572 g/mol. The molecule has 1 atom stereocenters. The molecule has 0 bridgehead atoms. The molecule has 0 saturated carbocycles. The molecule has 0 radical (unpaired) electrons. The summed E-state index contributed by atoms with van der Waals surface area (Å²) in [6, 6.07) is 6.24. The van der Waals surface area contributed by atoms with Crippen molar-refractivity contribution in [2.75, 3.05) is 37.6 Å². The van der Waals surface area contributed by atoms with Crippen LogP contribution in [0.2, 0.25) is 0 Å². The van der Waals surface area contributed by atoms with Crippen molar-refractivity contribution in [1.82, 2.24) is 34.5 Å². The van der Waals surface area contributed by atoms with Crippen molar-refractivity contribution in [1.29, 1.82) is 0 Å². The van der Waals surface area contributed by atoms with Gasteiger partial charge in [0.25, 0.3) is 5.91 Å². The Bertz CT molecular complexity index is 1590. The Morgan fingerprint density at radius 2 is 1.86 bits per heavy atom. The zero-order chi connectivity index (χ0) is 29.8. The van der Waals surface area contributed by atoms with Crippen LogP contribution in [0, 0.1) is 12.8 Å². The molecule has 6 rings (SSSR count). The van der Waals surface area contributed by atoms with Gasteiger partial charge in [-0.25, -0.2) is 14.6 Å². The first-order valence-electron chi connectivity index (χ1n) is 14.3. The van der Waals surface area contributed by atoms with Gasteiger partial charge in [0.2, 0.25) is 5.95 Å². The summed E-state index contributed by atoms with van der Waals surface area (Å²) < 4.78 is 7.72. The van der Waals surface area contributed by atoms with Crippen LogP contribution in [0.15, 0.2) is 35.9 Å². The maximum absolute atomic E-state index is 13.1. The summed E-state index contributed by atoms with van der Waals surface area (Å²) in [5.74, 6) is 0.912. The summed E-state index contributed by atoms with van der Waals surface area (Å²) in [7, 11) is 1.88. The average molecular weight is 573 g/mol. The molecule has 1 unspecified atom stereocenters. The van der Waals surface area contributed by atoms with E-state index in [1.165, 1.54) is 11.9 Å². The van der Waals surface area contributed by atoms with Gasteiger partial charge in [-0.15, -0.1) is 5.10 Å². The first-order valence-corrected chi connectivity index (χ1v) is 14.3. The molecule has 1 N–H and O–H groups in total. The number of carbonyl (C=O) groups excluding carboxylic acids is 2. The molecule has 2 aromatic heterocycles. The van der Waals surface area contributed by atoms with Crippen molar-refractivity contribution in [3.05, 3.63) is 58.4 Å². The first-order chi connectivity index (χ1) is 20.1. The Labute approximate surface area is 244 Å². The summed E-state index contributed by atoms with van der Waals surface area (Å²) in [5, 5.41) is 15.0. The third kappa shape index (κ3) is 4.69. The van der Waals surface area contributed by atoms with Crippen LogP contribution >= 0.6 is 0 Å². The Kier molecular flexibility index (Phi) is 6.96. The van der Waals surface area contributed by atoms with E-state index in [9.17, 15) is 14.7 Å². The van der Waals surface area contributed by atoms with E-state index in [-0.39, 0.29) is 28.9 Å². The van der Waals surface area contributed by atoms with E-state index in [2.05, 4.69) is 47.8 Å². The lowest BCUT2D eigenvalue weighted by Gasteiger charge is -2.37. The molecular weight excluding hydrogens is 536 g/mol. The van der Waals surface area contributed by atoms with Crippen molar-refractivity contribution in [3.8, 4) is 17.1 Å². The Hall–Kier alpha value is -4.32. The molecule has 220 valence electrons. The maximum atomic E-state index is 13.1. The number of anilines is 1. The Morgan fingerprint density at radius 3 is 2.60 bits per heavy atom. The topological polar surface area (TPSA) is 130 Å². The number of nitrogens with zero attached hydrogens (tertiary/aromatic N) is 8. The fourth-order valence-corrected chi connectivity index (χ4v) is 6.17. The van der Waals surface area contributed by atoms with Gasteiger partial charge in [0.1, 0.15) is 6.33 Å². The molecule has 3 aliphatic rings. The van der Waals surface area contributed by atoms with Crippen molar-refractivity contribution >= 4 is 18.1 Å². The number of benzene rings is 1. The highest BCUT2D eigenvalue weighted by Gasteiger charge is 2.36. The van der Waals surface area contributed by atoms with E-state index < -0.39 is 0 Å². The SMILES string of the molecule is Cc1ncnc(C(=O)N2CCN(/C(C=O)=C3\C(C)CCN3c3nc(-c4ccc5c(c4)COC5(C)C)nn3C)CC2)c1O. The number of carbonyl (C=O) groups is 2. The average Bonchev–Trinajstić information content (AvgIpc) is 3.65. The van der Waals surface area contributed by atoms with E-state index in [1.807, 2.05) is 18.0 Å². The number of allylic oxidation sites excluding steroid dienone is 2. The van der Waals surface area contributed by atoms with Gasteiger partial charge < -0.3 is 24.5 Å². The van der Waals surface area contributed by atoms with Gasteiger partial charge in [-0.05, 0) is 44.4 Å². The van der Waals surface area contributed by atoms with Crippen LogP contribution in [0.4, 0.5) is 5.95 Å². The predicted molar refractivity (Wildman–Crippen MR) is 154 cm³/mol. The number of fused-ring (bicyclic) bond motifs is 1. The van der Waals surface area contributed by atoms with Gasteiger partial charge in [-0.3, -0.25) is 9.59 Å². The summed E-state index contributed by atoms with van der Waals surface area (Å²) in [6.07, 6.45) is 3.08. The number of aldehydes is 1. The maximum Gasteiger partial charge on any atom is 0.276 e. The minimum atomic E-state index is -0.345. The van der Waals surface area contributed by atoms with Crippen LogP contribution < -0.4 is 4.90 Å². The number of hydrogen-bond donors (Lipinski definition) is 1. The van der Waals surface area contributed by atoms with Gasteiger partial charge in [0, 0.05) is 51.3 Å². The summed E-state index contributed by atoms with van der Waals surface area (Å²) in [4.78, 5) is 44.3. The van der Waals surface area contributed by atoms with E-state index in [1.54, 1.807) is 16.5 Å². The number of rotatable bonds is 5. The van der Waals surface area contributed by atoms with E-state index in [0.29, 0.717) is 55.9 Å². The number of aromatic hydroxyl groups is 1. The van der Waals surface area contributed by atoms with Crippen LogP contribution in [0.1, 0.15) is 54.5 Å². The van der Waals surface area contributed by atoms with Crippen molar-refractivity contribution in [2.24, 2.45) is 13.0 Å². The van der Waals surface area contributed by atoms with Crippen molar-refractivity contribution in [2.45, 2.75) is 46.3 Å². The highest BCUT2D eigenvalue weighted by Crippen LogP contribution is 2.39. The molecule has 0 spiro atoms. The fourth-order valence-electron chi connectivity index (χ4n) is 6.17. The van der Waals surface area contributed by atoms with Crippen LogP contribution in [0.3, 0.4) is 0 Å². The molecule has 12 nitrogen and oxygen atoms in total. The fraction of sp³-hybridized carbons (Fsp3) is 0.467. The summed E-state index contributed by atoms with van der Waals surface area (Å²) in [5.41, 5.74) is 4.83. The molecule has 2 fully saturated rings. The molecule has 2 saturated heterocycles. The Morgan fingerprint density at radius 1 is 1.12 bits per heavy atom. The van der Waals surface area contributed by atoms with Crippen molar-refractivity contribution < 1.29 is 19.4 Å². The van der Waals surface area contributed by atoms with E-state index >= 15 is 0 Å². The molecule has 42 heavy (non-hydrogen) atoms. The second-order valence-electron chi connectivity index (χ2n) is 11.7. The molecular formula is C30H36N8O4. The van der Waals surface area contributed by atoms with Gasteiger partial charge in [0.05, 0.1) is 29.3 Å². The number of piperazine rings is 1. The largest absolute Gasteiger partial charge is 0.504 e. The Balaban J connectivity index is 1.24. The standard InChI is InChI=1S/C30H36N8O4/c1-18-8-9-38(29-33-27(34-35(29)5)20-6-7-22-21(14-20)16-42-30(22,3)4)25(18)23(15-39)36-10-12-37(13-11-36)28(41)24-26(40)19(2)31-17-32-24/h6-7,14-15,17-18,40H,8-13,16H2,1-5H3/b25-23+. The molecule has 5 heterocycles. The molecule has 12 heteroatoms. The number of ether oxygens (including phenoxy) is 1. The molecule has 1 aromatic carbocycles. The third-order valence-corrected chi connectivity index (χ3v) is 8.61. The molecule has 3 aliphatic heterocycles. The third-order valence-electron chi connectivity index (χ3n) is 8.61. The normalized spacial score (nSPS) is 21.1. The first kappa shape index (κ1) is 27.8. The second kappa shape index (κ2) is 10.5. The predicted octanol–water partition coefficient (Wildman–Crippen LogP) is 2.77. The minimum Gasteiger partial charge on any atom is -0.504 e. The van der Waals surface area contributed by atoms with Crippen LogP contribution in [-0.4, -0.2) is 84.6 Å². The molecule has 3 aromatic rings. The van der Waals surface area contributed by atoms with Crippen molar-refractivity contribution in [3.63, 3.8) is 0 Å². The highest BCUT2D eigenvalue weighted by molar-refractivity contribution is 5.95. The van der Waals surface area contributed by atoms with Gasteiger partial charge >= 0.3 is 0 Å². The number of hydrogen-bond acceptors (Lipinski definition) is 10. The van der Waals surface area contributed by atoms with E-state index in [0.717, 1.165) is 36.1 Å². The number of amides is 1.